The first kappa shape index (κ1) is 27.1. The van der Waals surface area contributed by atoms with E-state index in [1.54, 1.807) is 66.7 Å². The number of amides is 3. The van der Waals surface area contributed by atoms with Crippen LogP contribution in [0.5, 0.6) is 5.75 Å². The van der Waals surface area contributed by atoms with Gasteiger partial charge >= 0.3 is 0 Å². The maximum Gasteiger partial charge on any atom is 0.278 e. The van der Waals surface area contributed by atoms with Gasteiger partial charge in [-0.1, -0.05) is 41.6 Å². The van der Waals surface area contributed by atoms with Crippen LogP contribution in [0.3, 0.4) is 0 Å². The van der Waals surface area contributed by atoms with E-state index in [1.807, 2.05) is 19.1 Å². The summed E-state index contributed by atoms with van der Waals surface area (Å²) in [6.07, 6.45) is 1.49. The first-order chi connectivity index (χ1) is 19.3. The lowest BCUT2D eigenvalue weighted by Crippen LogP contribution is -2.31. The third-order valence-corrected chi connectivity index (χ3v) is 7.51. The lowest BCUT2D eigenvalue weighted by molar-refractivity contribution is -0.138. The molecule has 3 amide bonds. The van der Waals surface area contributed by atoms with Gasteiger partial charge < -0.3 is 19.8 Å². The van der Waals surface area contributed by atoms with Gasteiger partial charge in [0.15, 0.2) is 0 Å². The fraction of sp³-hybridized carbons (Fsp3) is 0.100. The molecule has 5 rings (SSSR count). The Hall–Kier alpha value is -4.47. The number of nitrogens with zero attached hydrogens (tertiary/aromatic N) is 1. The summed E-state index contributed by atoms with van der Waals surface area (Å²) in [5.41, 5.74) is 2.58. The molecule has 0 spiro atoms. The minimum atomic E-state index is -0.476. The lowest BCUT2D eigenvalue weighted by atomic mass is 10.2. The fourth-order valence-electron chi connectivity index (χ4n) is 4.08. The molecule has 0 atom stereocenters. The number of imide groups is 1. The van der Waals surface area contributed by atoms with Crippen molar-refractivity contribution in [2.24, 2.45) is 0 Å². The topological polar surface area (TPSA) is 101 Å². The molecule has 1 aliphatic rings. The second-order valence-corrected chi connectivity index (χ2v) is 10.4. The highest BCUT2D eigenvalue weighted by Gasteiger charge is 2.40. The minimum Gasteiger partial charge on any atom is -0.495 e. The van der Waals surface area contributed by atoms with Gasteiger partial charge in [0.05, 0.1) is 36.2 Å². The van der Waals surface area contributed by atoms with Gasteiger partial charge in [0, 0.05) is 10.6 Å². The van der Waals surface area contributed by atoms with Crippen LogP contribution in [0.15, 0.2) is 105 Å². The number of nitrogens with one attached hydrogen (secondary N) is 2. The van der Waals surface area contributed by atoms with Crippen molar-refractivity contribution in [1.29, 1.82) is 0 Å². The number of methoxy groups -OCH3 is 1. The first-order valence-electron chi connectivity index (χ1n) is 12.2. The number of carbonyl (C=O) groups is 3. The molecule has 2 N–H and O–H groups in total. The highest BCUT2D eigenvalue weighted by atomic mass is 35.5. The van der Waals surface area contributed by atoms with Crippen LogP contribution < -0.4 is 15.4 Å². The van der Waals surface area contributed by atoms with Crippen LogP contribution in [0.25, 0.3) is 0 Å². The molecule has 0 saturated carbocycles. The molecular weight excluding hydrogens is 550 g/mol. The average molecular weight is 574 g/mol. The van der Waals surface area contributed by atoms with Gasteiger partial charge in [0.1, 0.15) is 22.1 Å². The zero-order valence-corrected chi connectivity index (χ0v) is 23.1. The van der Waals surface area contributed by atoms with Gasteiger partial charge in [-0.2, -0.15) is 0 Å². The summed E-state index contributed by atoms with van der Waals surface area (Å²) in [6.45, 7) is 1.92. The second kappa shape index (κ2) is 11.7. The molecule has 0 fully saturated rings. The van der Waals surface area contributed by atoms with Gasteiger partial charge in [0.2, 0.25) is 0 Å². The van der Waals surface area contributed by atoms with Gasteiger partial charge in [-0.15, -0.1) is 0 Å². The smallest absolute Gasteiger partial charge is 0.278 e. The number of benzene rings is 3. The molecule has 2 heterocycles. The third-order valence-electron chi connectivity index (χ3n) is 6.08. The van der Waals surface area contributed by atoms with Crippen LogP contribution in [-0.4, -0.2) is 29.7 Å². The normalized spacial score (nSPS) is 13.1. The van der Waals surface area contributed by atoms with Crippen LogP contribution in [0, 0.1) is 6.92 Å². The van der Waals surface area contributed by atoms with E-state index in [4.69, 9.17) is 20.8 Å². The van der Waals surface area contributed by atoms with Crippen LogP contribution in [-0.2, 0) is 16.1 Å². The zero-order chi connectivity index (χ0) is 28.2. The standard InChI is InChI=1S/C30H24ClN3O5S/c1-18-9-14-25(38-2)24(16-18)33-26-27(30(37)34(29(26)36)17-20-6-5-15-39-20)40-21-12-10-19(11-13-21)32-28(35)22-7-3-4-8-23(22)31/h3-16,33H,17H2,1-2H3,(H,32,35). The van der Waals surface area contributed by atoms with Crippen molar-refractivity contribution in [3.8, 4) is 5.75 Å². The molecule has 8 nitrogen and oxygen atoms in total. The quantitative estimate of drug-likeness (QED) is 0.221. The van der Waals surface area contributed by atoms with E-state index in [9.17, 15) is 14.4 Å². The van der Waals surface area contributed by atoms with E-state index in [0.29, 0.717) is 38.4 Å². The summed E-state index contributed by atoms with van der Waals surface area (Å²) in [5.74, 6) is -0.241. The molecule has 40 heavy (non-hydrogen) atoms. The molecule has 0 radical (unpaired) electrons. The van der Waals surface area contributed by atoms with Crippen molar-refractivity contribution in [2.75, 3.05) is 17.7 Å². The lowest BCUT2D eigenvalue weighted by Gasteiger charge is -2.15. The van der Waals surface area contributed by atoms with E-state index in [0.717, 1.165) is 22.2 Å². The van der Waals surface area contributed by atoms with Crippen LogP contribution in [0.4, 0.5) is 11.4 Å². The molecule has 1 aliphatic heterocycles. The van der Waals surface area contributed by atoms with E-state index >= 15 is 0 Å². The molecule has 0 unspecified atom stereocenters. The maximum absolute atomic E-state index is 13.5. The number of carbonyl (C=O) groups excluding carboxylic acids is 3. The van der Waals surface area contributed by atoms with Gasteiger partial charge in [-0.3, -0.25) is 19.3 Å². The Morgan fingerprint density at radius 2 is 1.77 bits per heavy atom. The second-order valence-electron chi connectivity index (χ2n) is 8.87. The predicted octanol–water partition coefficient (Wildman–Crippen LogP) is 6.49. The van der Waals surface area contributed by atoms with Gasteiger partial charge in [0.25, 0.3) is 17.7 Å². The Labute approximate surface area is 240 Å². The molecule has 10 heteroatoms. The highest BCUT2D eigenvalue weighted by Crippen LogP contribution is 2.38. The summed E-state index contributed by atoms with van der Waals surface area (Å²) < 4.78 is 10.8. The number of anilines is 2. The molecule has 3 aromatic carbocycles. The molecular formula is C30H24ClN3O5S. The van der Waals surface area contributed by atoms with E-state index in [1.165, 1.54) is 13.4 Å². The fourth-order valence-corrected chi connectivity index (χ4v) is 5.25. The van der Waals surface area contributed by atoms with Crippen LogP contribution in [0.1, 0.15) is 21.7 Å². The maximum atomic E-state index is 13.5. The number of hydrogen-bond acceptors (Lipinski definition) is 7. The Balaban J connectivity index is 1.41. The van der Waals surface area contributed by atoms with Crippen molar-refractivity contribution in [1.82, 2.24) is 4.90 Å². The Morgan fingerprint density at radius 3 is 2.48 bits per heavy atom. The van der Waals surface area contributed by atoms with E-state index in [2.05, 4.69) is 10.6 Å². The van der Waals surface area contributed by atoms with Crippen molar-refractivity contribution in [3.63, 3.8) is 0 Å². The number of furan rings is 1. The molecule has 1 aromatic heterocycles. The van der Waals surface area contributed by atoms with Crippen molar-refractivity contribution >= 4 is 52.5 Å². The summed E-state index contributed by atoms with van der Waals surface area (Å²) in [5, 5.41) is 6.31. The molecule has 0 bridgehead atoms. The number of hydrogen-bond donors (Lipinski definition) is 2. The monoisotopic (exact) mass is 573 g/mol. The number of thioether (sulfide) groups is 1. The molecule has 0 aliphatic carbocycles. The number of ether oxygens (including phenoxy) is 1. The molecule has 202 valence electrons. The number of aryl methyl sites for hydroxylation is 1. The van der Waals surface area contributed by atoms with Crippen molar-refractivity contribution in [3.05, 3.63) is 118 Å². The highest BCUT2D eigenvalue weighted by molar-refractivity contribution is 8.04. The Bertz CT molecular complexity index is 1620. The van der Waals surface area contributed by atoms with Gasteiger partial charge in [-0.05, 0) is 73.2 Å². The summed E-state index contributed by atoms with van der Waals surface area (Å²) in [7, 11) is 1.54. The summed E-state index contributed by atoms with van der Waals surface area (Å²) in [4.78, 5) is 41.7. The van der Waals surface area contributed by atoms with E-state index in [-0.39, 0.29) is 23.1 Å². The summed E-state index contributed by atoms with van der Waals surface area (Å²) >= 11 is 7.29. The van der Waals surface area contributed by atoms with Crippen molar-refractivity contribution < 1.29 is 23.5 Å². The Morgan fingerprint density at radius 1 is 1.00 bits per heavy atom. The molecule has 4 aromatic rings. The number of halogens is 1. The molecule has 0 saturated heterocycles. The van der Waals surface area contributed by atoms with E-state index < -0.39 is 11.8 Å². The SMILES string of the molecule is COc1ccc(C)cc1NC1=C(Sc2ccc(NC(=O)c3ccccc3Cl)cc2)C(=O)N(Cc2ccco2)C1=O. The minimum absolute atomic E-state index is 0.00211. The van der Waals surface area contributed by atoms with Crippen LogP contribution >= 0.6 is 23.4 Å². The Kier molecular flexibility index (Phi) is 7.95. The number of rotatable bonds is 9. The predicted molar refractivity (Wildman–Crippen MR) is 154 cm³/mol. The van der Waals surface area contributed by atoms with Crippen LogP contribution in [0.2, 0.25) is 5.02 Å². The largest absolute Gasteiger partial charge is 0.495 e. The van der Waals surface area contributed by atoms with Crippen molar-refractivity contribution in [2.45, 2.75) is 18.4 Å². The zero-order valence-electron chi connectivity index (χ0n) is 21.6. The van der Waals surface area contributed by atoms with Gasteiger partial charge in [-0.25, -0.2) is 0 Å². The summed E-state index contributed by atoms with van der Waals surface area (Å²) in [6, 6.07) is 22.7. The third kappa shape index (κ3) is 5.75. The first-order valence-corrected chi connectivity index (χ1v) is 13.4. The average Bonchev–Trinajstić information content (AvgIpc) is 3.54.